The highest BCUT2D eigenvalue weighted by Gasteiger charge is 2.24. The van der Waals surface area contributed by atoms with E-state index in [1.165, 1.54) is 0 Å². The molecule has 5 nitrogen and oxygen atoms in total. The second-order valence-electron chi connectivity index (χ2n) is 8.40. The summed E-state index contributed by atoms with van der Waals surface area (Å²) in [6, 6.07) is 9.17. The number of carbonyl (C=O) groups excluding carboxylic acids is 1. The fourth-order valence-corrected chi connectivity index (χ4v) is 4.23. The molecule has 4 rings (SSSR count). The molecule has 166 valence electrons. The molecule has 0 spiro atoms. The predicted octanol–water partition coefficient (Wildman–Crippen LogP) is 4.82. The Morgan fingerprint density at radius 1 is 1.00 bits per heavy atom. The zero-order chi connectivity index (χ0) is 22.8. The number of halogens is 2. The van der Waals surface area contributed by atoms with E-state index in [0.717, 1.165) is 72.1 Å². The quantitative estimate of drug-likeness (QED) is 0.615. The summed E-state index contributed by atoms with van der Waals surface area (Å²) in [6.07, 6.45) is 5.02. The Kier molecular flexibility index (Phi) is 6.19. The summed E-state index contributed by atoms with van der Waals surface area (Å²) in [5.41, 5.74) is 11.5. The van der Waals surface area contributed by atoms with Gasteiger partial charge in [-0.3, -0.25) is 9.78 Å². The third-order valence-corrected chi connectivity index (χ3v) is 5.68. The minimum Gasteiger partial charge on any atom is -0.369 e. The van der Waals surface area contributed by atoms with Crippen molar-refractivity contribution in [1.29, 1.82) is 0 Å². The van der Waals surface area contributed by atoms with Crippen molar-refractivity contribution in [2.45, 2.75) is 32.7 Å². The highest BCUT2D eigenvalue weighted by molar-refractivity contribution is 6.07. The Balaban J connectivity index is 1.78. The van der Waals surface area contributed by atoms with E-state index in [2.05, 4.69) is 33.4 Å². The lowest BCUT2D eigenvalue weighted by molar-refractivity contribution is 0.102. The lowest BCUT2D eigenvalue weighted by Gasteiger charge is -2.34. The van der Waals surface area contributed by atoms with Gasteiger partial charge in [0.25, 0.3) is 5.91 Å². The van der Waals surface area contributed by atoms with Crippen molar-refractivity contribution in [3.63, 3.8) is 0 Å². The molecule has 0 unspecified atom stereocenters. The van der Waals surface area contributed by atoms with Gasteiger partial charge in [0.15, 0.2) is 0 Å². The molecule has 7 heteroatoms. The fourth-order valence-electron chi connectivity index (χ4n) is 4.23. The number of amides is 1. The van der Waals surface area contributed by atoms with Gasteiger partial charge in [0.05, 0.1) is 17.6 Å². The monoisotopic (exact) mass is 436 g/mol. The maximum absolute atomic E-state index is 13.6. The van der Waals surface area contributed by atoms with Gasteiger partial charge >= 0.3 is 0 Å². The van der Waals surface area contributed by atoms with E-state index in [1.807, 2.05) is 13.8 Å². The molecule has 0 bridgehead atoms. The number of piperidine rings is 1. The van der Waals surface area contributed by atoms with Gasteiger partial charge in [0, 0.05) is 42.5 Å². The van der Waals surface area contributed by atoms with Gasteiger partial charge in [-0.05, 0) is 44.4 Å². The zero-order valence-corrected chi connectivity index (χ0v) is 18.2. The molecule has 3 aromatic rings. The van der Waals surface area contributed by atoms with Gasteiger partial charge in [0.1, 0.15) is 11.6 Å². The van der Waals surface area contributed by atoms with Crippen molar-refractivity contribution in [3.8, 4) is 11.1 Å². The number of aryl methyl sites for hydroxylation is 2. The van der Waals surface area contributed by atoms with Gasteiger partial charge in [-0.25, -0.2) is 8.78 Å². The highest BCUT2D eigenvalue weighted by atomic mass is 19.1. The molecule has 2 heterocycles. The lowest BCUT2D eigenvalue weighted by atomic mass is 9.98. The van der Waals surface area contributed by atoms with Crippen LogP contribution in [0.25, 0.3) is 11.1 Å². The van der Waals surface area contributed by atoms with Gasteiger partial charge in [-0.2, -0.15) is 0 Å². The SMILES string of the molecule is Cc1cc(C)cc(-c2cncc(NC(=O)c3cc(F)cc(F)c3)c2N2CCC(N)CC2)c1. The van der Waals surface area contributed by atoms with E-state index < -0.39 is 17.5 Å². The zero-order valence-electron chi connectivity index (χ0n) is 18.2. The van der Waals surface area contributed by atoms with Crippen LogP contribution < -0.4 is 16.0 Å². The third kappa shape index (κ3) is 4.78. The molecule has 1 amide bonds. The van der Waals surface area contributed by atoms with Crippen LogP contribution in [0.3, 0.4) is 0 Å². The Morgan fingerprint density at radius 2 is 1.62 bits per heavy atom. The number of anilines is 2. The number of nitrogens with one attached hydrogen (secondary N) is 1. The van der Waals surface area contributed by atoms with E-state index in [4.69, 9.17) is 5.73 Å². The van der Waals surface area contributed by atoms with E-state index in [0.29, 0.717) is 5.69 Å². The number of hydrogen-bond donors (Lipinski definition) is 2. The number of carbonyl (C=O) groups is 1. The van der Waals surface area contributed by atoms with Crippen molar-refractivity contribution in [1.82, 2.24) is 4.98 Å². The van der Waals surface area contributed by atoms with Gasteiger partial charge < -0.3 is 16.0 Å². The number of rotatable bonds is 4. The molecular formula is C25H26F2N4O. The summed E-state index contributed by atoms with van der Waals surface area (Å²) in [5.74, 6) is -2.21. The number of benzene rings is 2. The minimum absolute atomic E-state index is 0.0917. The number of nitrogens with zero attached hydrogens (tertiary/aromatic N) is 2. The summed E-state index contributed by atoms with van der Waals surface area (Å²) in [7, 11) is 0. The van der Waals surface area contributed by atoms with Crippen LogP contribution in [0.4, 0.5) is 20.2 Å². The van der Waals surface area contributed by atoms with Crippen LogP contribution in [0, 0.1) is 25.5 Å². The highest BCUT2D eigenvalue weighted by Crippen LogP contribution is 2.38. The normalized spacial score (nSPS) is 14.5. The number of aromatic nitrogens is 1. The van der Waals surface area contributed by atoms with Crippen LogP contribution >= 0.6 is 0 Å². The average molecular weight is 437 g/mol. The predicted molar refractivity (Wildman–Crippen MR) is 123 cm³/mol. The van der Waals surface area contributed by atoms with Crippen LogP contribution in [0.5, 0.6) is 0 Å². The molecule has 1 fully saturated rings. The first-order chi connectivity index (χ1) is 15.3. The van der Waals surface area contributed by atoms with E-state index in [1.54, 1.807) is 12.4 Å². The molecule has 1 aliphatic rings. The minimum atomic E-state index is -0.803. The van der Waals surface area contributed by atoms with Crippen LogP contribution in [-0.4, -0.2) is 30.0 Å². The molecular weight excluding hydrogens is 410 g/mol. The second-order valence-corrected chi connectivity index (χ2v) is 8.40. The van der Waals surface area contributed by atoms with Crippen LogP contribution in [0.1, 0.15) is 34.3 Å². The van der Waals surface area contributed by atoms with Crippen molar-refractivity contribution in [2.24, 2.45) is 5.73 Å². The Bertz CT molecular complexity index is 1120. The molecule has 0 saturated carbocycles. The molecule has 3 N–H and O–H groups in total. The summed E-state index contributed by atoms with van der Waals surface area (Å²) in [5, 5.41) is 2.82. The summed E-state index contributed by atoms with van der Waals surface area (Å²) < 4.78 is 27.3. The molecule has 1 aliphatic heterocycles. The van der Waals surface area contributed by atoms with Crippen molar-refractivity contribution in [3.05, 3.63) is 77.1 Å². The fraction of sp³-hybridized carbons (Fsp3) is 0.280. The summed E-state index contributed by atoms with van der Waals surface area (Å²) >= 11 is 0. The molecule has 32 heavy (non-hydrogen) atoms. The topological polar surface area (TPSA) is 71.2 Å². The van der Waals surface area contributed by atoms with Crippen LogP contribution in [0.2, 0.25) is 0 Å². The Hall–Kier alpha value is -3.32. The van der Waals surface area contributed by atoms with Crippen LogP contribution in [0.15, 0.2) is 48.8 Å². The van der Waals surface area contributed by atoms with Crippen molar-refractivity contribution < 1.29 is 13.6 Å². The Labute approximate surface area is 186 Å². The Morgan fingerprint density at radius 3 is 2.25 bits per heavy atom. The first kappa shape index (κ1) is 21.9. The average Bonchev–Trinajstić information content (AvgIpc) is 2.73. The van der Waals surface area contributed by atoms with E-state index in [9.17, 15) is 13.6 Å². The summed E-state index contributed by atoms with van der Waals surface area (Å²) in [6.45, 7) is 5.54. The maximum Gasteiger partial charge on any atom is 0.255 e. The smallest absolute Gasteiger partial charge is 0.255 e. The molecule has 2 aromatic carbocycles. The molecule has 0 aliphatic carbocycles. The lowest BCUT2D eigenvalue weighted by Crippen LogP contribution is -2.40. The second kappa shape index (κ2) is 9.04. The number of nitrogens with two attached hydrogens (primary N) is 1. The van der Waals surface area contributed by atoms with Gasteiger partial charge in [0.2, 0.25) is 0 Å². The summed E-state index contributed by atoms with van der Waals surface area (Å²) in [4.78, 5) is 19.4. The van der Waals surface area contributed by atoms with Gasteiger partial charge in [-0.15, -0.1) is 0 Å². The first-order valence-corrected chi connectivity index (χ1v) is 10.6. The third-order valence-electron chi connectivity index (χ3n) is 5.68. The molecule has 1 saturated heterocycles. The standard InChI is InChI=1S/C25H26F2N4O/c1-15-7-16(2)9-17(8-15)22-13-29-14-23(24(22)31-5-3-21(28)4-6-31)30-25(32)18-10-19(26)12-20(27)11-18/h7-14,21H,3-6,28H2,1-2H3,(H,30,32). The number of hydrogen-bond acceptors (Lipinski definition) is 4. The first-order valence-electron chi connectivity index (χ1n) is 10.6. The van der Waals surface area contributed by atoms with Crippen LogP contribution in [-0.2, 0) is 0 Å². The van der Waals surface area contributed by atoms with E-state index in [-0.39, 0.29) is 11.6 Å². The van der Waals surface area contributed by atoms with Gasteiger partial charge in [-0.1, -0.05) is 29.3 Å². The molecule has 0 radical (unpaired) electrons. The van der Waals surface area contributed by atoms with Crippen molar-refractivity contribution in [2.75, 3.05) is 23.3 Å². The van der Waals surface area contributed by atoms with Crippen molar-refractivity contribution >= 4 is 17.3 Å². The molecule has 0 atom stereocenters. The number of pyridine rings is 1. The van der Waals surface area contributed by atoms with E-state index >= 15 is 0 Å². The largest absolute Gasteiger partial charge is 0.369 e. The maximum atomic E-state index is 13.6. The molecule has 1 aromatic heterocycles.